The van der Waals surface area contributed by atoms with Gasteiger partial charge < -0.3 is 15.2 Å². The van der Waals surface area contributed by atoms with E-state index in [1.165, 1.54) is 16.3 Å². The van der Waals surface area contributed by atoms with E-state index in [4.69, 9.17) is 15.2 Å². The fourth-order valence-corrected chi connectivity index (χ4v) is 3.72. The van der Waals surface area contributed by atoms with Crippen molar-refractivity contribution in [3.8, 4) is 5.75 Å². The molecule has 3 atom stereocenters. The normalized spacial score (nSPS) is 23.8. The molecule has 1 saturated heterocycles. The molecule has 0 unspecified atom stereocenters. The summed E-state index contributed by atoms with van der Waals surface area (Å²) in [6.07, 6.45) is 0.433. The summed E-state index contributed by atoms with van der Waals surface area (Å²) < 4.78 is 11.5. The summed E-state index contributed by atoms with van der Waals surface area (Å²) in [4.78, 5) is 2.43. The van der Waals surface area contributed by atoms with Crippen LogP contribution in [0.2, 0.25) is 0 Å². The SMILES string of the molecule is COc1ccc2ccccc2c1[C@H](CN)N1C[C@H](C)O[C@@H](C)C1. The molecule has 4 heteroatoms. The van der Waals surface area contributed by atoms with Gasteiger partial charge in [-0.05, 0) is 30.7 Å². The van der Waals surface area contributed by atoms with Gasteiger partial charge in [0, 0.05) is 25.2 Å². The number of benzene rings is 2. The Morgan fingerprint density at radius 1 is 1.17 bits per heavy atom. The molecule has 0 saturated carbocycles. The molecule has 124 valence electrons. The van der Waals surface area contributed by atoms with Crippen LogP contribution in [0.15, 0.2) is 36.4 Å². The van der Waals surface area contributed by atoms with E-state index in [-0.39, 0.29) is 18.2 Å². The first-order chi connectivity index (χ1) is 11.1. The van der Waals surface area contributed by atoms with E-state index in [0.717, 1.165) is 18.8 Å². The maximum atomic E-state index is 6.20. The molecule has 2 aromatic rings. The maximum absolute atomic E-state index is 6.20. The van der Waals surface area contributed by atoms with E-state index >= 15 is 0 Å². The summed E-state index contributed by atoms with van der Waals surface area (Å²) in [7, 11) is 1.73. The molecule has 0 aliphatic carbocycles. The molecule has 23 heavy (non-hydrogen) atoms. The van der Waals surface area contributed by atoms with Gasteiger partial charge in [0.2, 0.25) is 0 Å². The number of hydrogen-bond donors (Lipinski definition) is 1. The molecule has 3 rings (SSSR count). The molecule has 1 aliphatic heterocycles. The zero-order valence-corrected chi connectivity index (χ0v) is 14.2. The van der Waals surface area contributed by atoms with E-state index in [1.54, 1.807) is 7.11 Å². The highest BCUT2D eigenvalue weighted by atomic mass is 16.5. The Morgan fingerprint density at radius 3 is 2.52 bits per heavy atom. The number of hydrogen-bond acceptors (Lipinski definition) is 4. The minimum Gasteiger partial charge on any atom is -0.496 e. The molecular weight excluding hydrogens is 288 g/mol. The number of nitrogens with zero attached hydrogens (tertiary/aromatic N) is 1. The standard InChI is InChI=1S/C19H26N2O2/c1-13-11-21(12-14(2)23-13)17(10-20)19-16-7-5-4-6-15(16)8-9-18(19)22-3/h4-9,13-14,17H,10-12,20H2,1-3H3/t13-,14-,17-/m0/s1. The lowest BCUT2D eigenvalue weighted by molar-refractivity contribution is -0.0799. The first kappa shape index (κ1) is 16.2. The lowest BCUT2D eigenvalue weighted by atomic mass is 9.95. The Bertz CT molecular complexity index is 663. The van der Waals surface area contributed by atoms with Crippen molar-refractivity contribution in [2.45, 2.75) is 32.1 Å². The van der Waals surface area contributed by atoms with Crippen LogP contribution in [0.1, 0.15) is 25.5 Å². The van der Waals surface area contributed by atoms with Crippen LogP contribution in [0, 0.1) is 0 Å². The summed E-state index contributed by atoms with van der Waals surface area (Å²) in [5.41, 5.74) is 7.39. The molecule has 0 bridgehead atoms. The molecule has 0 radical (unpaired) electrons. The van der Waals surface area contributed by atoms with Crippen LogP contribution >= 0.6 is 0 Å². The molecule has 0 aromatic heterocycles. The third-order valence-electron chi connectivity index (χ3n) is 4.60. The lowest BCUT2D eigenvalue weighted by Crippen LogP contribution is -2.48. The molecular formula is C19H26N2O2. The Hall–Kier alpha value is -1.62. The highest BCUT2D eigenvalue weighted by Crippen LogP contribution is 2.36. The number of rotatable bonds is 4. The Labute approximate surface area is 138 Å². The van der Waals surface area contributed by atoms with Gasteiger partial charge >= 0.3 is 0 Å². The Balaban J connectivity index is 2.08. The Kier molecular flexibility index (Phi) is 4.85. The molecule has 0 spiro atoms. The quantitative estimate of drug-likeness (QED) is 0.942. The summed E-state index contributed by atoms with van der Waals surface area (Å²) in [6.45, 7) is 6.58. The smallest absolute Gasteiger partial charge is 0.124 e. The highest BCUT2D eigenvalue weighted by molar-refractivity contribution is 5.88. The van der Waals surface area contributed by atoms with Crippen LogP contribution in [0.3, 0.4) is 0 Å². The van der Waals surface area contributed by atoms with Gasteiger partial charge in [0.15, 0.2) is 0 Å². The molecule has 1 aliphatic rings. The van der Waals surface area contributed by atoms with Gasteiger partial charge in [-0.3, -0.25) is 4.90 Å². The van der Waals surface area contributed by atoms with Crippen molar-refractivity contribution < 1.29 is 9.47 Å². The van der Waals surface area contributed by atoms with E-state index < -0.39 is 0 Å². The van der Waals surface area contributed by atoms with Gasteiger partial charge in [0.1, 0.15) is 5.75 Å². The summed E-state index contributed by atoms with van der Waals surface area (Å²) in [6, 6.07) is 12.7. The second-order valence-corrected chi connectivity index (χ2v) is 6.37. The third kappa shape index (κ3) is 3.20. The van der Waals surface area contributed by atoms with Crippen LogP contribution in [0.4, 0.5) is 0 Å². The average molecular weight is 314 g/mol. The summed E-state index contributed by atoms with van der Waals surface area (Å²) in [5, 5.41) is 2.44. The highest BCUT2D eigenvalue weighted by Gasteiger charge is 2.30. The fraction of sp³-hybridized carbons (Fsp3) is 0.474. The average Bonchev–Trinajstić information content (AvgIpc) is 2.55. The number of nitrogens with two attached hydrogens (primary N) is 1. The van der Waals surface area contributed by atoms with Crippen molar-refractivity contribution in [3.63, 3.8) is 0 Å². The monoisotopic (exact) mass is 314 g/mol. The zero-order chi connectivity index (χ0) is 16.4. The molecule has 1 fully saturated rings. The van der Waals surface area contributed by atoms with Crippen molar-refractivity contribution in [1.29, 1.82) is 0 Å². The maximum Gasteiger partial charge on any atom is 0.124 e. The van der Waals surface area contributed by atoms with E-state index in [1.807, 2.05) is 6.07 Å². The van der Waals surface area contributed by atoms with E-state index in [2.05, 4.69) is 49.1 Å². The van der Waals surface area contributed by atoms with Crippen LogP contribution in [-0.2, 0) is 4.74 Å². The number of morpholine rings is 1. The summed E-state index contributed by atoms with van der Waals surface area (Å²) >= 11 is 0. The largest absolute Gasteiger partial charge is 0.496 e. The molecule has 1 heterocycles. The summed E-state index contributed by atoms with van der Waals surface area (Å²) in [5.74, 6) is 0.908. The fourth-order valence-electron chi connectivity index (χ4n) is 3.72. The van der Waals surface area contributed by atoms with Crippen molar-refractivity contribution in [2.24, 2.45) is 5.73 Å². The van der Waals surface area contributed by atoms with Crippen LogP contribution in [-0.4, -0.2) is 43.9 Å². The number of ether oxygens (including phenoxy) is 2. The second-order valence-electron chi connectivity index (χ2n) is 6.37. The molecule has 2 N–H and O–H groups in total. The van der Waals surface area contributed by atoms with Crippen molar-refractivity contribution in [1.82, 2.24) is 4.90 Å². The van der Waals surface area contributed by atoms with Crippen LogP contribution in [0.5, 0.6) is 5.75 Å². The number of fused-ring (bicyclic) bond motifs is 1. The van der Waals surface area contributed by atoms with Crippen LogP contribution < -0.4 is 10.5 Å². The lowest BCUT2D eigenvalue weighted by Gasteiger charge is -2.40. The molecule has 4 nitrogen and oxygen atoms in total. The zero-order valence-electron chi connectivity index (χ0n) is 14.2. The van der Waals surface area contributed by atoms with Crippen molar-refractivity contribution >= 4 is 10.8 Å². The van der Waals surface area contributed by atoms with Crippen LogP contribution in [0.25, 0.3) is 10.8 Å². The molecule has 0 amide bonds. The first-order valence-electron chi connectivity index (χ1n) is 8.29. The molecule has 2 aromatic carbocycles. The van der Waals surface area contributed by atoms with Gasteiger partial charge in [0.25, 0.3) is 0 Å². The van der Waals surface area contributed by atoms with E-state index in [0.29, 0.717) is 6.54 Å². The predicted octanol–water partition coefficient (Wildman–Crippen LogP) is 2.96. The van der Waals surface area contributed by atoms with Gasteiger partial charge in [-0.15, -0.1) is 0 Å². The third-order valence-corrected chi connectivity index (χ3v) is 4.60. The minimum absolute atomic E-state index is 0.129. The second kappa shape index (κ2) is 6.87. The first-order valence-corrected chi connectivity index (χ1v) is 8.29. The van der Waals surface area contributed by atoms with Gasteiger partial charge in [-0.2, -0.15) is 0 Å². The minimum atomic E-state index is 0.129. The van der Waals surface area contributed by atoms with E-state index in [9.17, 15) is 0 Å². The predicted molar refractivity (Wildman–Crippen MR) is 93.9 cm³/mol. The van der Waals surface area contributed by atoms with Crippen molar-refractivity contribution in [3.05, 3.63) is 42.0 Å². The Morgan fingerprint density at radius 2 is 1.87 bits per heavy atom. The van der Waals surface area contributed by atoms with Gasteiger partial charge in [-0.1, -0.05) is 30.3 Å². The van der Waals surface area contributed by atoms with Gasteiger partial charge in [-0.25, -0.2) is 0 Å². The number of methoxy groups -OCH3 is 1. The topological polar surface area (TPSA) is 47.7 Å². The van der Waals surface area contributed by atoms with Crippen molar-refractivity contribution in [2.75, 3.05) is 26.7 Å². The van der Waals surface area contributed by atoms with Gasteiger partial charge in [0.05, 0.1) is 25.4 Å².